The highest BCUT2D eigenvalue weighted by atomic mass is 35.5. The van der Waals surface area contributed by atoms with Gasteiger partial charge in [-0.2, -0.15) is 9.97 Å². The average Bonchev–Trinajstić information content (AvgIpc) is 2.74. The van der Waals surface area contributed by atoms with Crippen LogP contribution in [-0.2, 0) is 4.79 Å². The maximum absolute atomic E-state index is 13.3. The highest BCUT2D eigenvalue weighted by Crippen LogP contribution is 2.20. The van der Waals surface area contributed by atoms with Gasteiger partial charge < -0.3 is 24.8 Å². The molecular formula is C19H20ClFN4O5. The largest absolute Gasteiger partial charge is 0.484 e. The van der Waals surface area contributed by atoms with Crippen molar-refractivity contribution in [1.82, 2.24) is 20.6 Å². The smallest absolute Gasteiger partial charge is 0.293 e. The Hall–Kier alpha value is -3.40. The fourth-order valence-electron chi connectivity index (χ4n) is 2.11. The second-order valence-corrected chi connectivity index (χ2v) is 6.21. The van der Waals surface area contributed by atoms with E-state index >= 15 is 0 Å². The van der Waals surface area contributed by atoms with Gasteiger partial charge in [-0.3, -0.25) is 9.59 Å². The highest BCUT2D eigenvalue weighted by Gasteiger charge is 2.14. The van der Waals surface area contributed by atoms with Gasteiger partial charge in [-0.25, -0.2) is 4.39 Å². The summed E-state index contributed by atoms with van der Waals surface area (Å²) in [7, 11) is 2.80. The van der Waals surface area contributed by atoms with Crippen molar-refractivity contribution >= 4 is 23.4 Å². The van der Waals surface area contributed by atoms with Gasteiger partial charge in [0, 0.05) is 24.7 Å². The molecule has 0 atom stereocenters. The van der Waals surface area contributed by atoms with Crippen molar-refractivity contribution in [1.29, 1.82) is 0 Å². The molecule has 2 aromatic rings. The number of methoxy groups -OCH3 is 2. The van der Waals surface area contributed by atoms with Crippen LogP contribution in [0.4, 0.5) is 4.39 Å². The summed E-state index contributed by atoms with van der Waals surface area (Å²) in [5.41, 5.74) is 0.339. The molecule has 0 unspecified atom stereocenters. The maximum atomic E-state index is 13.3. The first-order valence-electron chi connectivity index (χ1n) is 8.63. The molecule has 1 aromatic carbocycles. The van der Waals surface area contributed by atoms with E-state index in [4.69, 9.17) is 25.8 Å². The minimum absolute atomic E-state index is 0.0369. The molecule has 0 saturated carbocycles. The number of amides is 2. The van der Waals surface area contributed by atoms with Crippen molar-refractivity contribution < 1.29 is 28.2 Å². The summed E-state index contributed by atoms with van der Waals surface area (Å²) in [6.45, 7) is 3.61. The number of aromatic nitrogens is 2. The number of carbonyl (C=O) groups is 2. The highest BCUT2D eigenvalue weighted by molar-refractivity contribution is 6.30. The molecule has 0 fully saturated rings. The van der Waals surface area contributed by atoms with Crippen LogP contribution in [0.5, 0.6) is 17.5 Å². The molecule has 2 amide bonds. The Bertz CT molecular complexity index is 919. The second kappa shape index (κ2) is 11.0. The van der Waals surface area contributed by atoms with Gasteiger partial charge in [-0.15, -0.1) is 0 Å². The standard InChI is InChI=1S/C19H20ClFN4O5/c1-11(23-19(27)18-24-16(28-2)9-17(25-18)29-3)6-7-22-15(26)10-30-12-4-5-13(20)14(21)8-12/h4-5,8-9H,1,6-7,10H2,2-3H3,(H,22,26)(H,23,27). The Labute approximate surface area is 177 Å². The number of rotatable bonds is 10. The van der Waals surface area contributed by atoms with Crippen LogP contribution in [0.2, 0.25) is 5.02 Å². The van der Waals surface area contributed by atoms with Crippen molar-refractivity contribution in [2.24, 2.45) is 0 Å². The van der Waals surface area contributed by atoms with Gasteiger partial charge in [0.2, 0.25) is 17.6 Å². The van der Waals surface area contributed by atoms with E-state index in [0.29, 0.717) is 5.70 Å². The first-order chi connectivity index (χ1) is 14.3. The lowest BCUT2D eigenvalue weighted by Gasteiger charge is -2.11. The molecule has 11 heteroatoms. The summed E-state index contributed by atoms with van der Waals surface area (Å²) in [5.74, 6) is -1.30. The van der Waals surface area contributed by atoms with Crippen molar-refractivity contribution in [3.05, 3.63) is 53.2 Å². The number of ether oxygens (including phenoxy) is 3. The lowest BCUT2D eigenvalue weighted by atomic mass is 10.3. The van der Waals surface area contributed by atoms with Gasteiger partial charge in [0.1, 0.15) is 11.6 Å². The summed E-state index contributed by atoms with van der Waals surface area (Å²) in [4.78, 5) is 31.9. The van der Waals surface area contributed by atoms with Crippen LogP contribution in [0.15, 0.2) is 36.5 Å². The predicted octanol–water partition coefficient (Wildman–Crippen LogP) is 2.12. The molecule has 1 heterocycles. The Morgan fingerprint density at radius 2 is 1.83 bits per heavy atom. The van der Waals surface area contributed by atoms with Gasteiger partial charge in [0.15, 0.2) is 6.61 Å². The lowest BCUT2D eigenvalue weighted by molar-refractivity contribution is -0.123. The van der Waals surface area contributed by atoms with E-state index in [1.807, 2.05) is 0 Å². The second-order valence-electron chi connectivity index (χ2n) is 5.80. The van der Waals surface area contributed by atoms with Crippen molar-refractivity contribution in [2.45, 2.75) is 6.42 Å². The van der Waals surface area contributed by atoms with E-state index < -0.39 is 17.6 Å². The van der Waals surface area contributed by atoms with E-state index in [-0.39, 0.29) is 47.9 Å². The van der Waals surface area contributed by atoms with Gasteiger partial charge in [0.05, 0.1) is 25.3 Å². The van der Waals surface area contributed by atoms with Crippen LogP contribution < -0.4 is 24.8 Å². The van der Waals surface area contributed by atoms with Gasteiger partial charge in [-0.05, 0) is 12.1 Å². The average molecular weight is 439 g/mol. The van der Waals surface area contributed by atoms with Crippen LogP contribution in [0.25, 0.3) is 0 Å². The van der Waals surface area contributed by atoms with Crippen molar-refractivity contribution in [3.8, 4) is 17.5 Å². The fourth-order valence-corrected chi connectivity index (χ4v) is 2.23. The predicted molar refractivity (Wildman–Crippen MR) is 106 cm³/mol. The zero-order valence-corrected chi connectivity index (χ0v) is 17.1. The lowest BCUT2D eigenvalue weighted by Crippen LogP contribution is -2.32. The molecular weight excluding hydrogens is 419 g/mol. The zero-order valence-electron chi connectivity index (χ0n) is 16.3. The molecule has 0 spiro atoms. The number of halogens is 2. The first kappa shape index (κ1) is 22.9. The van der Waals surface area contributed by atoms with Crippen LogP contribution in [0.3, 0.4) is 0 Å². The molecule has 9 nitrogen and oxygen atoms in total. The molecule has 2 rings (SSSR count). The SMILES string of the molecule is C=C(CCNC(=O)COc1ccc(Cl)c(F)c1)NC(=O)c1nc(OC)cc(OC)n1. The summed E-state index contributed by atoms with van der Waals surface area (Å²) < 4.78 is 28.5. The minimum Gasteiger partial charge on any atom is -0.484 e. The monoisotopic (exact) mass is 438 g/mol. The van der Waals surface area contributed by atoms with E-state index in [0.717, 1.165) is 6.07 Å². The maximum Gasteiger partial charge on any atom is 0.293 e. The normalized spacial score (nSPS) is 10.1. The number of benzene rings is 1. The molecule has 0 saturated heterocycles. The van der Waals surface area contributed by atoms with Crippen LogP contribution >= 0.6 is 11.6 Å². The fraction of sp³-hybridized carbons (Fsp3) is 0.263. The topological polar surface area (TPSA) is 112 Å². The van der Waals surface area contributed by atoms with E-state index in [9.17, 15) is 14.0 Å². The van der Waals surface area contributed by atoms with Gasteiger partial charge in [-0.1, -0.05) is 18.2 Å². The van der Waals surface area contributed by atoms with Crippen LogP contribution in [-0.4, -0.2) is 49.2 Å². The number of nitrogens with zero attached hydrogens (tertiary/aromatic N) is 2. The third kappa shape index (κ3) is 6.89. The number of hydrogen-bond donors (Lipinski definition) is 2. The van der Waals surface area contributed by atoms with Crippen molar-refractivity contribution in [3.63, 3.8) is 0 Å². The molecule has 0 aliphatic rings. The van der Waals surface area contributed by atoms with Crippen molar-refractivity contribution in [2.75, 3.05) is 27.4 Å². The van der Waals surface area contributed by atoms with Gasteiger partial charge >= 0.3 is 0 Å². The van der Waals surface area contributed by atoms with Gasteiger partial charge in [0.25, 0.3) is 11.8 Å². The Balaban J connectivity index is 1.75. The number of carbonyl (C=O) groups excluding carboxylic acids is 2. The minimum atomic E-state index is -0.640. The molecule has 30 heavy (non-hydrogen) atoms. The molecule has 0 aliphatic carbocycles. The summed E-state index contributed by atoms with van der Waals surface area (Å²) in [6, 6.07) is 5.30. The third-order valence-electron chi connectivity index (χ3n) is 3.60. The number of hydrogen-bond acceptors (Lipinski definition) is 7. The summed E-state index contributed by atoms with van der Waals surface area (Å²) in [6.07, 6.45) is 0.258. The molecule has 0 radical (unpaired) electrons. The third-order valence-corrected chi connectivity index (χ3v) is 3.91. The van der Waals surface area contributed by atoms with Crippen LogP contribution in [0, 0.1) is 5.82 Å². The molecule has 0 aliphatic heterocycles. The Kier molecular flexibility index (Phi) is 8.36. The Morgan fingerprint density at radius 1 is 1.17 bits per heavy atom. The van der Waals surface area contributed by atoms with E-state index in [1.54, 1.807) is 0 Å². The summed E-state index contributed by atoms with van der Waals surface area (Å²) >= 11 is 5.58. The van der Waals surface area contributed by atoms with E-state index in [2.05, 4.69) is 27.2 Å². The molecule has 160 valence electrons. The first-order valence-corrected chi connectivity index (χ1v) is 9.01. The van der Waals surface area contributed by atoms with Crippen LogP contribution in [0.1, 0.15) is 17.0 Å². The molecule has 2 N–H and O–H groups in total. The molecule has 1 aromatic heterocycles. The molecule has 0 bridgehead atoms. The summed E-state index contributed by atoms with van der Waals surface area (Å²) in [5, 5.41) is 5.09. The van der Waals surface area contributed by atoms with E-state index in [1.165, 1.54) is 32.4 Å². The quantitative estimate of drug-likeness (QED) is 0.584. The number of nitrogens with one attached hydrogen (secondary N) is 2. The zero-order chi connectivity index (χ0) is 22.1. The Morgan fingerprint density at radius 3 is 2.43 bits per heavy atom.